The van der Waals surface area contributed by atoms with E-state index in [1.165, 1.54) is 0 Å². The van der Waals surface area contributed by atoms with Crippen molar-refractivity contribution in [2.75, 3.05) is 32.7 Å². The van der Waals surface area contributed by atoms with Gasteiger partial charge in [-0.25, -0.2) is 14.8 Å². The summed E-state index contributed by atoms with van der Waals surface area (Å²) in [6.45, 7) is 7.71. The number of rotatable bonds is 13. The van der Waals surface area contributed by atoms with Crippen molar-refractivity contribution in [2.45, 2.75) is 63.1 Å². The minimum absolute atomic E-state index is 0.186. The van der Waals surface area contributed by atoms with Crippen LogP contribution in [0.2, 0.25) is 5.04 Å². The molecule has 57 heavy (non-hydrogen) atoms. The van der Waals surface area contributed by atoms with Gasteiger partial charge in [-0.05, 0) is 68.3 Å². The summed E-state index contributed by atoms with van der Waals surface area (Å²) in [7, 11) is 0.268. The molecule has 4 aromatic carbocycles. The molecule has 3 heterocycles. The second-order valence-corrected chi connectivity index (χ2v) is 20.8. The minimum atomic E-state index is -3.00. The molecule has 296 valence electrons. The Morgan fingerprint density at radius 2 is 1.60 bits per heavy atom. The van der Waals surface area contributed by atoms with Crippen LogP contribution >= 0.6 is 15.9 Å². The van der Waals surface area contributed by atoms with Crippen LogP contribution < -0.4 is 25.2 Å². The SMILES string of the molecule is COc1ccc(CNc2nccn3c([C@@H]4CC[C@@](CO[Si](c5ccccc5)(c5ccccc5)C(C)(C)C)(Cc5ccccc5)N(C(=O)O)C4)nc(Br)c23)c(OC)c1. The number of piperidine rings is 1. The van der Waals surface area contributed by atoms with Crippen LogP contribution in [-0.4, -0.2) is 71.7 Å². The maximum Gasteiger partial charge on any atom is 0.407 e. The van der Waals surface area contributed by atoms with Crippen LogP contribution in [0.25, 0.3) is 5.52 Å². The normalized spacial score (nSPS) is 17.4. The molecule has 2 aromatic heterocycles. The van der Waals surface area contributed by atoms with Gasteiger partial charge in [0.2, 0.25) is 0 Å². The quantitative estimate of drug-likeness (QED) is 0.111. The molecule has 1 aliphatic heterocycles. The lowest BCUT2D eigenvalue weighted by atomic mass is 9.78. The highest BCUT2D eigenvalue weighted by Crippen LogP contribution is 2.43. The number of ether oxygens (including phenoxy) is 2. The molecule has 1 saturated heterocycles. The molecule has 2 N–H and O–H groups in total. The third kappa shape index (κ3) is 7.90. The van der Waals surface area contributed by atoms with Gasteiger partial charge in [0, 0.05) is 43.0 Å². The van der Waals surface area contributed by atoms with Crippen LogP contribution in [0.4, 0.5) is 10.6 Å². The number of anilines is 1. The zero-order chi connectivity index (χ0) is 40.2. The van der Waals surface area contributed by atoms with Gasteiger partial charge < -0.3 is 24.3 Å². The number of fused-ring (bicyclic) bond motifs is 1. The lowest BCUT2D eigenvalue weighted by Crippen LogP contribution is -2.69. The van der Waals surface area contributed by atoms with Crippen LogP contribution in [0.3, 0.4) is 0 Å². The van der Waals surface area contributed by atoms with Gasteiger partial charge in [-0.15, -0.1) is 0 Å². The summed E-state index contributed by atoms with van der Waals surface area (Å²) in [6, 6.07) is 37.0. The van der Waals surface area contributed by atoms with E-state index < -0.39 is 19.9 Å². The number of hydrogen-bond acceptors (Lipinski definition) is 7. The van der Waals surface area contributed by atoms with Gasteiger partial charge in [-0.3, -0.25) is 9.30 Å². The Morgan fingerprint density at radius 3 is 2.19 bits per heavy atom. The third-order valence-corrected chi connectivity index (χ3v) is 16.9. The van der Waals surface area contributed by atoms with Crippen LogP contribution in [-0.2, 0) is 17.4 Å². The van der Waals surface area contributed by atoms with Crippen molar-refractivity contribution in [3.63, 3.8) is 0 Å². The smallest absolute Gasteiger partial charge is 0.407 e. The molecule has 0 spiro atoms. The molecule has 7 rings (SSSR count). The average molecular weight is 849 g/mol. The lowest BCUT2D eigenvalue weighted by molar-refractivity contribution is 0.00494. The number of halogens is 1. The summed E-state index contributed by atoms with van der Waals surface area (Å²) in [4.78, 5) is 25.0. The molecule has 0 radical (unpaired) electrons. The van der Waals surface area contributed by atoms with E-state index in [1.54, 1.807) is 25.3 Å². The maximum absolute atomic E-state index is 13.6. The molecule has 0 aliphatic carbocycles. The summed E-state index contributed by atoms with van der Waals surface area (Å²) < 4.78 is 21.2. The molecule has 1 fully saturated rings. The number of nitrogens with one attached hydrogen (secondary N) is 1. The number of imidazole rings is 1. The first-order valence-corrected chi connectivity index (χ1v) is 22.0. The van der Waals surface area contributed by atoms with Crippen LogP contribution in [0.15, 0.2) is 126 Å². The van der Waals surface area contributed by atoms with Crippen molar-refractivity contribution in [1.29, 1.82) is 0 Å². The average Bonchev–Trinajstić information content (AvgIpc) is 3.57. The highest BCUT2D eigenvalue weighted by molar-refractivity contribution is 9.10. The van der Waals surface area contributed by atoms with Crippen molar-refractivity contribution in [2.24, 2.45) is 0 Å². The number of aromatic nitrogens is 3. The van der Waals surface area contributed by atoms with E-state index in [0.717, 1.165) is 32.8 Å². The molecule has 1 aliphatic rings. The Balaban J connectivity index is 1.24. The third-order valence-electron chi connectivity index (χ3n) is 11.4. The standard InChI is InChI=1S/C45H50BrN5O5Si/c1-44(2,3)57(36-17-11-7-12-18-36,37-19-13-8-14-20-37)56-31-45(28-32-15-9-6-10-16-32)24-23-34(30-51(45)43(52)53)42-49-40(46)39-41(47-25-26-50(39)42)48-29-33-21-22-35(54-4)27-38(33)55-5/h6-22,25-27,34H,23-24,28-31H2,1-5H3,(H,47,48)(H,52,53)/t34-,45+/m1/s1. The van der Waals surface area contributed by atoms with E-state index in [-0.39, 0.29) is 24.1 Å². The van der Waals surface area contributed by atoms with Gasteiger partial charge in [-0.1, -0.05) is 112 Å². The monoisotopic (exact) mass is 847 g/mol. The molecule has 1 amide bonds. The summed E-state index contributed by atoms with van der Waals surface area (Å²) >= 11 is 3.73. The second kappa shape index (κ2) is 16.7. The number of likely N-dealkylation sites (tertiary alicyclic amines) is 1. The maximum atomic E-state index is 13.6. The Labute approximate surface area is 344 Å². The Morgan fingerprint density at radius 1 is 0.947 bits per heavy atom. The Bertz CT molecular complexity index is 2260. The Kier molecular flexibility index (Phi) is 11.8. The largest absolute Gasteiger partial charge is 0.497 e. The molecule has 0 saturated carbocycles. The van der Waals surface area contributed by atoms with E-state index >= 15 is 0 Å². The van der Waals surface area contributed by atoms with Crippen molar-refractivity contribution >= 4 is 52.0 Å². The molecule has 2 atom stereocenters. The van der Waals surface area contributed by atoms with Crippen molar-refractivity contribution in [1.82, 2.24) is 19.3 Å². The molecule has 12 heteroatoms. The highest BCUT2D eigenvalue weighted by Gasteiger charge is 2.53. The predicted molar refractivity (Wildman–Crippen MR) is 231 cm³/mol. The molecule has 6 aromatic rings. The Hall–Kier alpha value is -5.17. The number of hydrogen-bond donors (Lipinski definition) is 2. The van der Waals surface area contributed by atoms with Crippen LogP contribution in [0, 0.1) is 0 Å². The fraction of sp³-hybridized carbons (Fsp3) is 0.311. The first-order chi connectivity index (χ1) is 27.5. The van der Waals surface area contributed by atoms with E-state index in [1.807, 2.05) is 59.1 Å². The van der Waals surface area contributed by atoms with Gasteiger partial charge in [0.25, 0.3) is 8.32 Å². The second-order valence-electron chi connectivity index (χ2n) is 15.8. The van der Waals surface area contributed by atoms with Gasteiger partial charge in [-0.2, -0.15) is 0 Å². The number of methoxy groups -OCH3 is 2. The lowest BCUT2D eigenvalue weighted by Gasteiger charge is -2.51. The molecule has 0 bridgehead atoms. The number of carboxylic acid groups (broad SMARTS) is 1. The molecule has 10 nitrogen and oxygen atoms in total. The fourth-order valence-electron chi connectivity index (χ4n) is 8.55. The summed E-state index contributed by atoms with van der Waals surface area (Å²) in [5.74, 6) is 2.65. The number of amides is 1. The summed E-state index contributed by atoms with van der Waals surface area (Å²) in [5.41, 5.74) is 1.94. The summed E-state index contributed by atoms with van der Waals surface area (Å²) in [6.07, 6.45) is 4.47. The highest BCUT2D eigenvalue weighted by atomic mass is 79.9. The number of carbonyl (C=O) groups is 1. The van der Waals surface area contributed by atoms with Crippen molar-refractivity contribution in [3.05, 3.63) is 143 Å². The first-order valence-electron chi connectivity index (χ1n) is 19.3. The summed E-state index contributed by atoms with van der Waals surface area (Å²) in [5, 5.41) is 16.7. The topological polar surface area (TPSA) is 110 Å². The van der Waals surface area contributed by atoms with E-state index in [0.29, 0.717) is 47.7 Å². The number of nitrogens with zero attached hydrogens (tertiary/aromatic N) is 4. The zero-order valence-electron chi connectivity index (χ0n) is 33.1. The molecule has 0 unspecified atom stereocenters. The van der Waals surface area contributed by atoms with E-state index in [2.05, 4.69) is 108 Å². The van der Waals surface area contributed by atoms with E-state index in [9.17, 15) is 9.90 Å². The molecular formula is C45H50BrN5O5Si. The zero-order valence-corrected chi connectivity index (χ0v) is 35.7. The number of benzene rings is 4. The van der Waals surface area contributed by atoms with Gasteiger partial charge in [0.1, 0.15) is 27.4 Å². The first kappa shape index (κ1) is 40.0. The van der Waals surface area contributed by atoms with Gasteiger partial charge in [0.05, 0.1) is 26.4 Å². The van der Waals surface area contributed by atoms with E-state index in [4.69, 9.17) is 18.9 Å². The predicted octanol–water partition coefficient (Wildman–Crippen LogP) is 8.54. The fourth-order valence-corrected chi connectivity index (χ4v) is 13.8. The van der Waals surface area contributed by atoms with Gasteiger partial charge in [0.15, 0.2) is 5.82 Å². The van der Waals surface area contributed by atoms with Crippen molar-refractivity contribution in [3.8, 4) is 11.5 Å². The van der Waals surface area contributed by atoms with Crippen molar-refractivity contribution < 1.29 is 23.8 Å². The minimum Gasteiger partial charge on any atom is -0.497 e. The van der Waals surface area contributed by atoms with Crippen LogP contribution in [0.1, 0.15) is 56.5 Å². The van der Waals surface area contributed by atoms with Gasteiger partial charge >= 0.3 is 6.09 Å². The van der Waals surface area contributed by atoms with Crippen LogP contribution in [0.5, 0.6) is 11.5 Å². The molecular weight excluding hydrogens is 799 g/mol.